The fourth-order valence-corrected chi connectivity index (χ4v) is 12.3. The average molecular weight is 1050 g/mol. The first kappa shape index (κ1) is 57.3. The third kappa shape index (κ3) is 10.9. The largest absolute Gasteiger partial charge is 0.509 e. The number of ketones is 1. The topological polar surface area (TPSA) is 236 Å². The van der Waals surface area contributed by atoms with Gasteiger partial charge < -0.3 is 62.5 Å². The van der Waals surface area contributed by atoms with E-state index in [1.165, 1.54) is 33.3 Å². The number of fused-ring (bicyclic) bond motifs is 5. The van der Waals surface area contributed by atoms with E-state index in [9.17, 15) is 24.3 Å². The van der Waals surface area contributed by atoms with E-state index in [1.54, 1.807) is 97.0 Å². The molecule has 2 aliphatic heterocycles. The van der Waals surface area contributed by atoms with Gasteiger partial charge in [-0.3, -0.25) is 9.59 Å². The molecule has 19 nitrogen and oxygen atoms in total. The molecule has 2 aromatic rings. The smallest absolute Gasteiger partial charge is 0.455 e. The summed E-state index contributed by atoms with van der Waals surface area (Å²) in [6.45, 7) is 16.4. The van der Waals surface area contributed by atoms with Crippen molar-refractivity contribution in [3.05, 3.63) is 82.9 Å². The Balaban J connectivity index is 1.35. The summed E-state index contributed by atoms with van der Waals surface area (Å²) < 4.78 is 67.2. The van der Waals surface area contributed by atoms with Crippen LogP contribution in [0.15, 0.2) is 71.8 Å². The molecule has 2 bridgehead atoms. The zero-order valence-electron chi connectivity index (χ0n) is 45.2. The van der Waals surface area contributed by atoms with E-state index in [0.717, 1.165) is 12.8 Å². The molecular weight excluding hydrogens is 975 g/mol. The average Bonchev–Trinajstić information content (AvgIpc) is 3.75. The van der Waals surface area contributed by atoms with E-state index in [1.807, 2.05) is 13.8 Å². The molecule has 2 N–H and O–H groups in total. The number of aliphatic hydroxyl groups is 1. The van der Waals surface area contributed by atoms with Gasteiger partial charge in [0, 0.05) is 52.2 Å². The number of amides is 1. The Morgan fingerprint density at radius 3 is 2.11 bits per heavy atom. The van der Waals surface area contributed by atoms with Crippen molar-refractivity contribution in [2.24, 2.45) is 16.7 Å². The van der Waals surface area contributed by atoms with E-state index >= 15 is 9.59 Å². The SMILES string of the molecule is CCCC1(CCC)OCC(COC(=O)O[C@@H](C(=O)O[C@H]2C[C@@]3(O)[C@@H](OC(=O)c4ccccc4)[C@@H]4[C@]5(OC(C)=O)CO[C@@H]5C[C@H](OC)[C@@]4(C)C(=O)[C@H](OC)C(=C2C)C3(C)C)[C@@H](NC(=O)OC(C)(C)C)c2ccccc2)O1. The van der Waals surface area contributed by atoms with Crippen LogP contribution in [0.3, 0.4) is 0 Å². The van der Waals surface area contributed by atoms with Crippen LogP contribution in [0.4, 0.5) is 9.59 Å². The zero-order valence-corrected chi connectivity index (χ0v) is 45.2. The van der Waals surface area contributed by atoms with Crippen molar-refractivity contribution in [3.8, 4) is 0 Å². The molecule has 0 aromatic heterocycles. The molecule has 2 heterocycles. The summed E-state index contributed by atoms with van der Waals surface area (Å²) in [5, 5.41) is 16.8. The van der Waals surface area contributed by atoms with Gasteiger partial charge in [0.25, 0.3) is 0 Å². The molecule has 412 valence electrons. The number of hydrogen-bond acceptors (Lipinski definition) is 18. The number of esters is 3. The highest BCUT2D eigenvalue weighted by Gasteiger charge is 2.78. The second-order valence-electron chi connectivity index (χ2n) is 22.1. The lowest BCUT2D eigenvalue weighted by atomic mass is 9.44. The first-order chi connectivity index (χ1) is 35.3. The van der Waals surface area contributed by atoms with Crippen molar-refractivity contribution < 1.29 is 86.0 Å². The number of methoxy groups -OCH3 is 2. The summed E-state index contributed by atoms with van der Waals surface area (Å²) >= 11 is 0. The minimum Gasteiger partial charge on any atom is -0.455 e. The first-order valence-electron chi connectivity index (χ1n) is 25.9. The summed E-state index contributed by atoms with van der Waals surface area (Å²) in [7, 11) is 2.76. The molecular formula is C56H75NO18. The molecule has 5 aliphatic rings. The molecule has 7 rings (SSSR count). The number of alkyl carbamates (subject to hydrolysis) is 1. The maximum atomic E-state index is 15.9. The number of benzene rings is 2. The van der Waals surface area contributed by atoms with Crippen molar-refractivity contribution in [1.29, 1.82) is 0 Å². The monoisotopic (exact) mass is 1050 g/mol. The van der Waals surface area contributed by atoms with Crippen LogP contribution >= 0.6 is 0 Å². The number of Topliss-reactive ketones (excluding diaryl/α,β-unsaturated/α-hetero) is 1. The Hall–Kier alpha value is -5.44. The highest BCUT2D eigenvalue weighted by Crippen LogP contribution is 2.65. The van der Waals surface area contributed by atoms with Crippen LogP contribution < -0.4 is 5.32 Å². The van der Waals surface area contributed by atoms with Gasteiger partial charge in [0.05, 0.1) is 36.2 Å². The van der Waals surface area contributed by atoms with Crippen molar-refractivity contribution in [2.75, 3.05) is 34.0 Å². The number of rotatable bonds is 17. The molecule has 1 amide bonds. The van der Waals surface area contributed by atoms with E-state index in [-0.39, 0.29) is 43.0 Å². The summed E-state index contributed by atoms with van der Waals surface area (Å²) in [4.78, 5) is 86.7. The van der Waals surface area contributed by atoms with Crippen LogP contribution in [0.5, 0.6) is 0 Å². The molecule has 4 fully saturated rings. The lowest BCUT2D eigenvalue weighted by molar-refractivity contribution is -0.347. The second-order valence-corrected chi connectivity index (χ2v) is 22.1. The van der Waals surface area contributed by atoms with Crippen LogP contribution in [0.25, 0.3) is 0 Å². The fourth-order valence-electron chi connectivity index (χ4n) is 12.3. The van der Waals surface area contributed by atoms with Crippen LogP contribution in [-0.2, 0) is 66.5 Å². The maximum absolute atomic E-state index is 15.9. The lowest BCUT2D eigenvalue weighted by Crippen LogP contribution is -2.82. The summed E-state index contributed by atoms with van der Waals surface area (Å²) in [5.41, 5.74) is -7.34. The lowest BCUT2D eigenvalue weighted by Gasteiger charge is -2.67. The van der Waals surface area contributed by atoms with Gasteiger partial charge in [-0.05, 0) is 63.5 Å². The molecule has 2 saturated carbocycles. The van der Waals surface area contributed by atoms with Crippen LogP contribution in [0, 0.1) is 16.7 Å². The van der Waals surface area contributed by atoms with Crippen LogP contribution in [0.2, 0.25) is 0 Å². The van der Waals surface area contributed by atoms with E-state index in [2.05, 4.69) is 5.32 Å². The van der Waals surface area contributed by atoms with Gasteiger partial charge in [-0.2, -0.15) is 0 Å². The van der Waals surface area contributed by atoms with Gasteiger partial charge in [0.15, 0.2) is 17.2 Å². The first-order valence-corrected chi connectivity index (χ1v) is 25.9. The molecule has 2 aromatic carbocycles. The highest BCUT2D eigenvalue weighted by molar-refractivity contribution is 5.94. The Kier molecular flexibility index (Phi) is 17.0. The summed E-state index contributed by atoms with van der Waals surface area (Å²) in [6, 6.07) is 14.8. The number of hydrogen-bond donors (Lipinski definition) is 2. The van der Waals surface area contributed by atoms with Gasteiger partial charge in [-0.1, -0.05) is 89.1 Å². The predicted octanol–water partition coefficient (Wildman–Crippen LogP) is 7.44. The Morgan fingerprint density at radius 1 is 0.907 bits per heavy atom. The maximum Gasteiger partial charge on any atom is 0.509 e. The molecule has 75 heavy (non-hydrogen) atoms. The van der Waals surface area contributed by atoms with E-state index in [4.69, 9.17) is 52.1 Å². The summed E-state index contributed by atoms with van der Waals surface area (Å²) in [6.07, 6.45) is -9.03. The third-order valence-electron chi connectivity index (χ3n) is 15.8. The van der Waals surface area contributed by atoms with Crippen molar-refractivity contribution in [2.45, 2.75) is 179 Å². The van der Waals surface area contributed by atoms with Crippen molar-refractivity contribution in [3.63, 3.8) is 0 Å². The van der Waals surface area contributed by atoms with Gasteiger partial charge >= 0.3 is 30.2 Å². The van der Waals surface area contributed by atoms with Crippen molar-refractivity contribution in [1.82, 2.24) is 5.32 Å². The van der Waals surface area contributed by atoms with Gasteiger partial charge in [-0.15, -0.1) is 0 Å². The van der Waals surface area contributed by atoms with Crippen LogP contribution in [0.1, 0.15) is 130 Å². The molecule has 2 saturated heterocycles. The zero-order chi connectivity index (χ0) is 54.9. The molecule has 0 radical (unpaired) electrons. The number of nitrogens with one attached hydrogen (secondary N) is 1. The number of carbonyl (C=O) groups is 6. The minimum atomic E-state index is -2.32. The predicted molar refractivity (Wildman–Crippen MR) is 267 cm³/mol. The minimum absolute atomic E-state index is 0.0854. The quantitative estimate of drug-likeness (QED) is 0.0889. The molecule has 12 atom stereocenters. The van der Waals surface area contributed by atoms with Gasteiger partial charge in [0.1, 0.15) is 54.4 Å². The number of carbonyl (C=O) groups excluding carboxylic acids is 6. The molecule has 1 unspecified atom stereocenters. The Morgan fingerprint density at radius 2 is 1.55 bits per heavy atom. The fraction of sp³-hybridized carbons (Fsp3) is 0.643. The van der Waals surface area contributed by atoms with E-state index < -0.39 is 130 Å². The summed E-state index contributed by atoms with van der Waals surface area (Å²) in [5.74, 6) is -5.57. The highest BCUT2D eigenvalue weighted by atomic mass is 16.8. The van der Waals surface area contributed by atoms with Crippen LogP contribution in [-0.4, -0.2) is 140 Å². The van der Waals surface area contributed by atoms with Crippen molar-refractivity contribution >= 4 is 35.9 Å². The second kappa shape index (κ2) is 22.3. The Bertz CT molecular complexity index is 2450. The Labute approximate surface area is 438 Å². The third-order valence-corrected chi connectivity index (χ3v) is 15.8. The molecule has 3 aliphatic carbocycles. The van der Waals surface area contributed by atoms with E-state index in [0.29, 0.717) is 18.4 Å². The standard InChI is InChI=1S/C56H75NO18/c1-13-25-54(26-14-2)69-30-36(74-54)29-67-50(63)71-43(41(34-21-17-15-18-22-34)57-49(62)75-51(5,6)7)48(61)70-37-28-56(64)46(72-47(60)35-23-19-16-20-24-35)44-53(10,45(59)42(66-12)40(32(37)3)52(56,8)9)38(65-11)27-39-55(44,31-68-39)73-33(4)58/h15-24,36-39,41-44,46,64H,13-14,25-31H2,1-12H3,(H,57,62)/t36?,37-,38-,39+,41-,42+,43+,44-,46-,53+,55-,56+/m0/s1. The molecule has 0 spiro atoms. The van der Waals surface area contributed by atoms with Gasteiger partial charge in [0.2, 0.25) is 6.10 Å². The molecule has 19 heteroatoms. The normalized spacial score (nSPS) is 31.4. The van der Waals surface area contributed by atoms with Gasteiger partial charge in [-0.25, -0.2) is 19.2 Å². The number of ether oxygens (including phenoxy) is 11.